The van der Waals surface area contributed by atoms with Gasteiger partial charge in [0.25, 0.3) is 0 Å². The summed E-state index contributed by atoms with van der Waals surface area (Å²) in [4.78, 5) is 14.9. The van der Waals surface area contributed by atoms with Gasteiger partial charge in [-0.15, -0.1) is 0 Å². The molecule has 0 aromatic carbocycles. The lowest BCUT2D eigenvalue weighted by atomic mass is 10.1. The predicted molar refractivity (Wildman–Crippen MR) is 234 cm³/mol. The van der Waals surface area contributed by atoms with Crippen LogP contribution in [0.2, 0.25) is 0 Å². The number of ether oxygens (including phenoxy) is 3. The Morgan fingerprint density at radius 2 is 1.11 bits per heavy atom. The number of nitrogens with one attached hydrogen (secondary N) is 1. The highest BCUT2D eigenvalue weighted by atomic mass is 16.6. The van der Waals surface area contributed by atoms with Crippen LogP contribution in [0, 0.1) is 0 Å². The van der Waals surface area contributed by atoms with Gasteiger partial charge in [0, 0.05) is 38.8 Å². The van der Waals surface area contributed by atoms with Crippen LogP contribution in [0.5, 0.6) is 0 Å². The molecule has 314 valence electrons. The topological polar surface area (TPSA) is 60.0 Å². The Labute approximate surface area is 335 Å². The number of nitrogens with zero attached hydrogens (tertiary/aromatic N) is 1. The van der Waals surface area contributed by atoms with Gasteiger partial charge in [-0.25, -0.2) is 4.79 Å². The molecule has 1 fully saturated rings. The molecule has 1 rings (SSSR count). The first-order valence-corrected chi connectivity index (χ1v) is 23.2. The van der Waals surface area contributed by atoms with Gasteiger partial charge < -0.3 is 24.4 Å². The van der Waals surface area contributed by atoms with Crippen LogP contribution in [0.1, 0.15) is 194 Å². The first kappa shape index (κ1) is 50.1. The smallest absolute Gasteiger partial charge is 0.410 e. The molecular weight excluding hydrogens is 669 g/mol. The Morgan fingerprint density at radius 1 is 0.611 bits per heavy atom. The number of unbranched alkanes of at least 4 members (excludes halogenated alkanes) is 18. The van der Waals surface area contributed by atoms with E-state index >= 15 is 0 Å². The van der Waals surface area contributed by atoms with E-state index in [0.29, 0.717) is 19.6 Å². The van der Waals surface area contributed by atoms with Crippen LogP contribution in [0.15, 0.2) is 48.6 Å². The van der Waals surface area contributed by atoms with E-state index in [9.17, 15) is 4.79 Å². The van der Waals surface area contributed by atoms with Crippen LogP contribution in [0.25, 0.3) is 0 Å². The van der Waals surface area contributed by atoms with Gasteiger partial charge >= 0.3 is 6.09 Å². The van der Waals surface area contributed by atoms with Crippen LogP contribution >= 0.6 is 0 Å². The van der Waals surface area contributed by atoms with Gasteiger partial charge in [0.05, 0.1) is 19.3 Å². The van der Waals surface area contributed by atoms with E-state index < -0.39 is 0 Å². The average molecular weight is 757 g/mol. The monoisotopic (exact) mass is 757 g/mol. The minimum Gasteiger partial charge on any atom is -0.449 e. The van der Waals surface area contributed by atoms with E-state index in [1.165, 1.54) is 128 Å². The molecule has 0 radical (unpaired) electrons. The zero-order valence-electron chi connectivity index (χ0n) is 35.9. The summed E-state index contributed by atoms with van der Waals surface area (Å²) in [6.45, 7) is 11.7. The maximum atomic E-state index is 13.0. The average Bonchev–Trinajstić information content (AvgIpc) is 3.72. The van der Waals surface area contributed by atoms with Gasteiger partial charge in [0.15, 0.2) is 0 Å². The Balaban J connectivity index is 2.22. The summed E-state index contributed by atoms with van der Waals surface area (Å²) in [6.07, 6.45) is 50.9. The van der Waals surface area contributed by atoms with E-state index in [1.54, 1.807) is 0 Å². The minimum atomic E-state index is -0.184. The zero-order valence-corrected chi connectivity index (χ0v) is 35.9. The summed E-state index contributed by atoms with van der Waals surface area (Å²) in [5.74, 6) is 0. The number of amides is 1. The lowest BCUT2D eigenvalue weighted by Crippen LogP contribution is -2.42. The van der Waals surface area contributed by atoms with Gasteiger partial charge in [-0.05, 0) is 96.4 Å². The number of carbonyl (C=O) groups is 1. The lowest BCUT2D eigenvalue weighted by Gasteiger charge is -2.27. The van der Waals surface area contributed by atoms with E-state index in [-0.39, 0.29) is 18.2 Å². The summed E-state index contributed by atoms with van der Waals surface area (Å²) in [7, 11) is 0. The maximum absolute atomic E-state index is 13.0. The summed E-state index contributed by atoms with van der Waals surface area (Å²) >= 11 is 0. The number of rotatable bonds is 39. The van der Waals surface area contributed by atoms with E-state index in [0.717, 1.165) is 71.4 Å². The Bertz CT molecular complexity index is 910. The molecule has 6 nitrogen and oxygen atoms in total. The molecule has 0 aromatic rings. The third-order valence-corrected chi connectivity index (χ3v) is 10.3. The first-order chi connectivity index (χ1) is 26.7. The molecule has 6 heteroatoms. The van der Waals surface area contributed by atoms with Gasteiger partial charge in [-0.3, -0.25) is 0 Å². The van der Waals surface area contributed by atoms with Crippen molar-refractivity contribution >= 4 is 6.09 Å². The Hall–Kier alpha value is -1.89. The molecule has 0 spiro atoms. The van der Waals surface area contributed by atoms with Gasteiger partial charge in [0.2, 0.25) is 0 Å². The molecule has 1 aliphatic heterocycles. The van der Waals surface area contributed by atoms with Crippen molar-refractivity contribution in [2.24, 2.45) is 0 Å². The van der Waals surface area contributed by atoms with Crippen molar-refractivity contribution in [1.82, 2.24) is 10.2 Å². The molecule has 1 amide bonds. The third kappa shape index (κ3) is 32.4. The molecule has 0 aromatic heterocycles. The Kier molecular flexibility index (Phi) is 37.8. The van der Waals surface area contributed by atoms with Crippen LogP contribution in [-0.2, 0) is 14.2 Å². The predicted octanol–water partition coefficient (Wildman–Crippen LogP) is 13.6. The number of carbonyl (C=O) groups excluding carboxylic acids is 1. The summed E-state index contributed by atoms with van der Waals surface area (Å²) in [6, 6.07) is 0.242. The van der Waals surface area contributed by atoms with Crippen LogP contribution < -0.4 is 5.32 Å². The second kappa shape index (κ2) is 40.8. The van der Waals surface area contributed by atoms with Crippen LogP contribution in [0.3, 0.4) is 0 Å². The highest BCUT2D eigenvalue weighted by Gasteiger charge is 2.27. The number of allylic oxidation sites excluding steroid dienone is 8. The maximum Gasteiger partial charge on any atom is 0.410 e. The molecular formula is C48H88N2O4. The fourth-order valence-corrected chi connectivity index (χ4v) is 6.89. The first-order valence-electron chi connectivity index (χ1n) is 23.2. The van der Waals surface area contributed by atoms with Gasteiger partial charge in [-0.2, -0.15) is 0 Å². The van der Waals surface area contributed by atoms with E-state index in [1.807, 2.05) is 4.90 Å². The van der Waals surface area contributed by atoms with Gasteiger partial charge in [0.1, 0.15) is 0 Å². The normalized spacial score (nSPS) is 15.5. The molecule has 0 bridgehead atoms. The highest BCUT2D eigenvalue weighted by Crippen LogP contribution is 2.14. The molecule has 1 heterocycles. The SMILES string of the molecule is CCCCC/C=C\C/C=C\CCCCCCCCOC[C@H](CCOC(=O)N(CCC)C1CCNC1)OCCCCCCCC/C=C\C/C=C\CCCCC. The molecule has 1 saturated heterocycles. The van der Waals surface area contributed by atoms with E-state index in [2.05, 4.69) is 74.7 Å². The van der Waals surface area contributed by atoms with Crippen molar-refractivity contribution in [3.05, 3.63) is 48.6 Å². The van der Waals surface area contributed by atoms with Crippen molar-refractivity contribution in [3.63, 3.8) is 0 Å². The van der Waals surface area contributed by atoms with Crippen molar-refractivity contribution < 1.29 is 19.0 Å². The standard InChI is InChI=1S/C48H88N2O4/c1-4-7-9-11-13-15-17-19-21-23-25-27-29-31-33-35-41-52-45-47(38-43-54-48(51)50(40-6-3)46-37-39-49-44-46)53-42-36-34-32-30-28-26-24-22-20-18-16-14-12-10-8-5-2/h13-16,19-22,46-47,49H,4-12,17-18,23-45H2,1-3H3/b15-13-,16-14-,21-19-,22-20-/t46?,47-/m0/s1. The van der Waals surface area contributed by atoms with Crippen molar-refractivity contribution in [1.29, 1.82) is 0 Å². The van der Waals surface area contributed by atoms with Gasteiger partial charge in [-0.1, -0.05) is 146 Å². The summed E-state index contributed by atoms with van der Waals surface area (Å²) in [5, 5.41) is 3.38. The lowest BCUT2D eigenvalue weighted by molar-refractivity contribution is -0.0316. The van der Waals surface area contributed by atoms with Crippen molar-refractivity contribution in [2.75, 3.05) is 46.1 Å². The second-order valence-electron chi connectivity index (χ2n) is 15.5. The molecule has 1 unspecified atom stereocenters. The summed E-state index contributed by atoms with van der Waals surface area (Å²) < 4.78 is 18.2. The molecule has 1 N–H and O–H groups in total. The molecule has 0 aliphatic carbocycles. The molecule has 0 saturated carbocycles. The molecule has 2 atom stereocenters. The van der Waals surface area contributed by atoms with Crippen molar-refractivity contribution in [2.45, 2.75) is 206 Å². The number of hydrogen-bond acceptors (Lipinski definition) is 5. The minimum absolute atomic E-state index is 0.0341. The third-order valence-electron chi connectivity index (χ3n) is 10.3. The van der Waals surface area contributed by atoms with Crippen LogP contribution in [-0.4, -0.2) is 69.2 Å². The largest absolute Gasteiger partial charge is 0.449 e. The van der Waals surface area contributed by atoms with Crippen LogP contribution in [0.4, 0.5) is 4.79 Å². The Morgan fingerprint density at radius 3 is 1.61 bits per heavy atom. The fourth-order valence-electron chi connectivity index (χ4n) is 6.89. The quantitative estimate of drug-likeness (QED) is 0.0500. The fraction of sp³-hybridized carbons (Fsp3) is 0.812. The summed E-state index contributed by atoms with van der Waals surface area (Å²) in [5.41, 5.74) is 0. The van der Waals surface area contributed by atoms with E-state index in [4.69, 9.17) is 14.2 Å². The zero-order chi connectivity index (χ0) is 38.8. The highest BCUT2D eigenvalue weighted by molar-refractivity contribution is 5.68. The number of hydrogen-bond donors (Lipinski definition) is 1. The molecule has 1 aliphatic rings. The molecule has 54 heavy (non-hydrogen) atoms. The second-order valence-corrected chi connectivity index (χ2v) is 15.5. The van der Waals surface area contributed by atoms with Crippen molar-refractivity contribution in [3.8, 4) is 0 Å².